The van der Waals surface area contributed by atoms with Gasteiger partial charge in [-0.25, -0.2) is 4.98 Å². The van der Waals surface area contributed by atoms with Crippen molar-refractivity contribution in [1.29, 1.82) is 0 Å². The highest BCUT2D eigenvalue weighted by molar-refractivity contribution is 5.03. The van der Waals surface area contributed by atoms with Crippen molar-refractivity contribution in [3.63, 3.8) is 0 Å². The topological polar surface area (TPSA) is 48.3 Å². The minimum absolute atomic E-state index is 0.183. The van der Waals surface area contributed by atoms with Crippen LogP contribution in [0.15, 0.2) is 12.5 Å². The van der Waals surface area contributed by atoms with E-state index >= 15 is 0 Å². The quantitative estimate of drug-likeness (QED) is 0.701. The lowest BCUT2D eigenvalue weighted by atomic mass is 10.4. The number of aromatic nitrogens is 2. The van der Waals surface area contributed by atoms with E-state index in [0.717, 1.165) is 6.54 Å². The van der Waals surface area contributed by atoms with E-state index in [-0.39, 0.29) is 6.29 Å². The Balaban J connectivity index is 1.78. The summed E-state index contributed by atoms with van der Waals surface area (Å²) in [6.45, 7) is 1.49. The van der Waals surface area contributed by atoms with E-state index in [9.17, 15) is 0 Å². The van der Waals surface area contributed by atoms with Crippen molar-refractivity contribution < 1.29 is 9.47 Å². The highest BCUT2D eigenvalue weighted by Crippen LogP contribution is 2.35. The van der Waals surface area contributed by atoms with Gasteiger partial charge in [-0.05, 0) is 12.8 Å². The molecule has 1 aromatic rings. The molecule has 2 rings (SSSR count). The van der Waals surface area contributed by atoms with Crippen molar-refractivity contribution in [2.75, 3.05) is 20.8 Å². The SMILES string of the molecule is COC(CNCc1cncn1C1CC1)OC. The molecule has 1 saturated carbocycles. The highest BCUT2D eigenvalue weighted by atomic mass is 16.7. The third-order valence-corrected chi connectivity index (χ3v) is 2.83. The molecule has 0 aromatic carbocycles. The summed E-state index contributed by atoms with van der Waals surface area (Å²) in [5, 5.41) is 3.30. The molecule has 16 heavy (non-hydrogen) atoms. The molecule has 0 saturated heterocycles. The molecular formula is C11H19N3O2. The minimum Gasteiger partial charge on any atom is -0.355 e. The third-order valence-electron chi connectivity index (χ3n) is 2.83. The Kier molecular flexibility index (Phi) is 3.93. The van der Waals surface area contributed by atoms with Gasteiger partial charge in [-0.3, -0.25) is 0 Å². The van der Waals surface area contributed by atoms with Crippen LogP contribution < -0.4 is 5.32 Å². The average molecular weight is 225 g/mol. The summed E-state index contributed by atoms with van der Waals surface area (Å²) in [5.41, 5.74) is 1.23. The van der Waals surface area contributed by atoms with Crippen LogP contribution in [0.3, 0.4) is 0 Å². The fourth-order valence-corrected chi connectivity index (χ4v) is 1.73. The molecule has 0 bridgehead atoms. The zero-order valence-electron chi connectivity index (χ0n) is 9.85. The second-order valence-electron chi connectivity index (χ2n) is 4.06. The number of methoxy groups -OCH3 is 2. The van der Waals surface area contributed by atoms with Crippen LogP contribution in [-0.2, 0) is 16.0 Å². The van der Waals surface area contributed by atoms with Gasteiger partial charge < -0.3 is 19.4 Å². The first-order chi connectivity index (χ1) is 7.85. The lowest BCUT2D eigenvalue weighted by molar-refractivity contribution is -0.0989. The lowest BCUT2D eigenvalue weighted by Gasteiger charge is -2.14. The van der Waals surface area contributed by atoms with Crippen molar-refractivity contribution in [1.82, 2.24) is 14.9 Å². The van der Waals surface area contributed by atoms with Gasteiger partial charge in [0.2, 0.25) is 0 Å². The zero-order valence-corrected chi connectivity index (χ0v) is 9.85. The molecule has 0 aliphatic heterocycles. The number of hydrogen-bond donors (Lipinski definition) is 1. The number of imidazole rings is 1. The maximum atomic E-state index is 5.10. The normalized spacial score (nSPS) is 15.9. The van der Waals surface area contributed by atoms with Crippen LogP contribution in [0.4, 0.5) is 0 Å². The molecule has 0 radical (unpaired) electrons. The largest absolute Gasteiger partial charge is 0.355 e. The van der Waals surface area contributed by atoms with Crippen LogP contribution in [-0.4, -0.2) is 36.6 Å². The molecule has 90 valence electrons. The van der Waals surface area contributed by atoms with Crippen molar-refractivity contribution >= 4 is 0 Å². The van der Waals surface area contributed by atoms with E-state index in [1.54, 1.807) is 14.2 Å². The van der Waals surface area contributed by atoms with Gasteiger partial charge in [0.05, 0.1) is 12.0 Å². The van der Waals surface area contributed by atoms with Crippen LogP contribution in [0.1, 0.15) is 24.6 Å². The summed E-state index contributed by atoms with van der Waals surface area (Å²) >= 11 is 0. The lowest BCUT2D eigenvalue weighted by Crippen LogP contribution is -2.29. The van der Waals surface area contributed by atoms with Gasteiger partial charge in [-0.15, -0.1) is 0 Å². The number of hydrogen-bond acceptors (Lipinski definition) is 4. The maximum absolute atomic E-state index is 5.10. The van der Waals surface area contributed by atoms with E-state index in [0.29, 0.717) is 12.6 Å². The molecule has 1 N–H and O–H groups in total. The first-order valence-electron chi connectivity index (χ1n) is 5.62. The van der Waals surface area contributed by atoms with E-state index in [1.807, 2.05) is 12.5 Å². The van der Waals surface area contributed by atoms with Crippen LogP contribution in [0, 0.1) is 0 Å². The fourth-order valence-electron chi connectivity index (χ4n) is 1.73. The molecule has 1 heterocycles. The Morgan fingerprint density at radius 2 is 2.25 bits per heavy atom. The van der Waals surface area contributed by atoms with E-state index in [1.165, 1.54) is 18.5 Å². The summed E-state index contributed by atoms with van der Waals surface area (Å²) in [4.78, 5) is 4.18. The van der Waals surface area contributed by atoms with Crippen molar-refractivity contribution in [2.45, 2.75) is 31.7 Å². The van der Waals surface area contributed by atoms with Crippen LogP contribution >= 0.6 is 0 Å². The Labute approximate surface area is 95.8 Å². The average Bonchev–Trinajstić information content (AvgIpc) is 3.05. The van der Waals surface area contributed by atoms with Gasteiger partial charge in [0, 0.05) is 39.5 Å². The van der Waals surface area contributed by atoms with Gasteiger partial charge in [-0.2, -0.15) is 0 Å². The van der Waals surface area contributed by atoms with E-state index in [2.05, 4.69) is 14.9 Å². The van der Waals surface area contributed by atoms with Crippen molar-refractivity contribution in [3.05, 3.63) is 18.2 Å². The van der Waals surface area contributed by atoms with Gasteiger partial charge in [-0.1, -0.05) is 0 Å². The molecule has 1 aromatic heterocycles. The molecule has 1 aliphatic rings. The maximum Gasteiger partial charge on any atom is 0.169 e. The first-order valence-corrected chi connectivity index (χ1v) is 5.62. The van der Waals surface area contributed by atoms with Crippen LogP contribution in [0.25, 0.3) is 0 Å². The fraction of sp³-hybridized carbons (Fsp3) is 0.727. The standard InChI is InChI=1S/C11H19N3O2/c1-15-11(16-2)7-12-5-10-6-13-8-14(10)9-3-4-9/h6,8-9,11-12H,3-5,7H2,1-2H3. The monoisotopic (exact) mass is 225 g/mol. The van der Waals surface area contributed by atoms with Gasteiger partial charge in [0.15, 0.2) is 6.29 Å². The summed E-state index contributed by atoms with van der Waals surface area (Å²) in [5.74, 6) is 0. The first kappa shape index (κ1) is 11.6. The smallest absolute Gasteiger partial charge is 0.169 e. The molecule has 1 fully saturated rings. The zero-order chi connectivity index (χ0) is 11.4. The second kappa shape index (κ2) is 5.43. The highest BCUT2D eigenvalue weighted by Gasteiger charge is 2.24. The number of ether oxygens (including phenoxy) is 2. The Morgan fingerprint density at radius 3 is 2.88 bits per heavy atom. The molecule has 0 amide bonds. The van der Waals surface area contributed by atoms with Gasteiger partial charge in [0.25, 0.3) is 0 Å². The predicted octanol–water partition coefficient (Wildman–Crippen LogP) is 0.926. The molecular weight excluding hydrogens is 206 g/mol. The molecule has 0 spiro atoms. The minimum atomic E-state index is -0.183. The second-order valence-corrected chi connectivity index (χ2v) is 4.06. The Bertz CT molecular complexity index is 319. The van der Waals surface area contributed by atoms with Gasteiger partial charge >= 0.3 is 0 Å². The Hall–Kier alpha value is -0.910. The molecule has 1 aliphatic carbocycles. The Morgan fingerprint density at radius 1 is 1.50 bits per heavy atom. The van der Waals surface area contributed by atoms with Crippen molar-refractivity contribution in [3.8, 4) is 0 Å². The third kappa shape index (κ3) is 2.81. The van der Waals surface area contributed by atoms with Gasteiger partial charge in [0.1, 0.15) is 0 Å². The molecule has 5 nitrogen and oxygen atoms in total. The predicted molar refractivity (Wildman–Crippen MR) is 60.0 cm³/mol. The van der Waals surface area contributed by atoms with Crippen LogP contribution in [0.5, 0.6) is 0 Å². The summed E-state index contributed by atoms with van der Waals surface area (Å²) in [6.07, 6.45) is 6.21. The number of rotatable bonds is 7. The van der Waals surface area contributed by atoms with Crippen LogP contribution in [0.2, 0.25) is 0 Å². The summed E-state index contributed by atoms with van der Waals surface area (Å²) in [7, 11) is 3.29. The van der Waals surface area contributed by atoms with E-state index in [4.69, 9.17) is 9.47 Å². The summed E-state index contributed by atoms with van der Waals surface area (Å²) in [6, 6.07) is 0.681. The van der Waals surface area contributed by atoms with Crippen molar-refractivity contribution in [2.24, 2.45) is 0 Å². The molecule has 0 atom stereocenters. The summed E-state index contributed by atoms with van der Waals surface area (Å²) < 4.78 is 12.5. The molecule has 5 heteroatoms. The van der Waals surface area contributed by atoms with E-state index < -0.39 is 0 Å². The molecule has 0 unspecified atom stereocenters. The number of nitrogens with one attached hydrogen (secondary N) is 1. The number of nitrogens with zero attached hydrogens (tertiary/aromatic N) is 2.